The molecule has 6 nitrogen and oxygen atoms in total. The first-order chi connectivity index (χ1) is 12.1. The fourth-order valence-corrected chi connectivity index (χ4v) is 2.19. The van der Waals surface area contributed by atoms with Gasteiger partial charge in [0.05, 0.1) is 13.0 Å². The van der Waals surface area contributed by atoms with Gasteiger partial charge in [-0.25, -0.2) is 4.79 Å². The minimum absolute atomic E-state index is 0.00276. The third-order valence-corrected chi connectivity index (χ3v) is 3.32. The number of hydrogen-bond donors (Lipinski definition) is 2. The molecule has 0 atom stereocenters. The Kier molecular flexibility index (Phi) is 5.91. The summed E-state index contributed by atoms with van der Waals surface area (Å²) in [7, 11) is 0. The summed E-state index contributed by atoms with van der Waals surface area (Å²) in [5.74, 6) is -0.990. The zero-order valence-electron chi connectivity index (χ0n) is 13.7. The third-order valence-electron chi connectivity index (χ3n) is 3.32. The van der Waals surface area contributed by atoms with Gasteiger partial charge >= 0.3 is 12.1 Å². The molecule has 2 aromatic rings. The maximum absolute atomic E-state index is 12.2. The van der Waals surface area contributed by atoms with Gasteiger partial charge in [0.2, 0.25) is 5.91 Å². The zero-order valence-corrected chi connectivity index (χ0v) is 13.7. The molecule has 26 heavy (non-hydrogen) atoms. The monoisotopic (exact) mass is 371 g/mol. The van der Waals surface area contributed by atoms with Crippen LogP contribution in [0.25, 0.3) is 0 Å². The lowest BCUT2D eigenvalue weighted by Crippen LogP contribution is -2.24. The largest absolute Gasteiger partial charge is 0.484 e. The summed E-state index contributed by atoms with van der Waals surface area (Å²) in [5.41, 5.74) is 0.493. The third kappa shape index (κ3) is 5.83. The average Bonchev–Trinajstić information content (AvgIpc) is 2.92. The minimum Gasteiger partial charge on any atom is -0.484 e. The van der Waals surface area contributed by atoms with Crippen LogP contribution in [0.5, 0.6) is 5.75 Å². The van der Waals surface area contributed by atoms with Crippen LogP contribution >= 0.6 is 0 Å². The molecule has 1 heterocycles. The summed E-state index contributed by atoms with van der Waals surface area (Å²) in [5, 5.41) is 11.5. The number of rotatable bonds is 7. The second-order valence-corrected chi connectivity index (χ2v) is 5.49. The van der Waals surface area contributed by atoms with Crippen LogP contribution in [0.1, 0.15) is 27.4 Å². The molecule has 1 amide bonds. The highest BCUT2D eigenvalue weighted by Gasteiger charge is 2.28. The van der Waals surface area contributed by atoms with Gasteiger partial charge in [-0.3, -0.25) is 4.79 Å². The lowest BCUT2D eigenvalue weighted by molar-refractivity contribution is -0.153. The lowest BCUT2D eigenvalue weighted by Gasteiger charge is -2.10. The fraction of sp³-hybridized carbons (Fsp3) is 0.294. The van der Waals surface area contributed by atoms with Crippen LogP contribution in [-0.4, -0.2) is 29.8 Å². The standard InChI is InChI=1S/C17H16F3NO5/c1-10-14(16(23)24)7-13(26-10)8-21-15(22)6-11-3-2-4-12(5-11)25-9-17(18,19)20/h2-5,7H,6,8-9H2,1H3,(H,21,22)(H,23,24). The molecule has 2 N–H and O–H groups in total. The quantitative estimate of drug-likeness (QED) is 0.781. The van der Waals surface area contributed by atoms with Crippen LogP contribution in [0.3, 0.4) is 0 Å². The number of ether oxygens (including phenoxy) is 1. The van der Waals surface area contributed by atoms with E-state index < -0.39 is 24.7 Å². The molecule has 0 aliphatic rings. The van der Waals surface area contributed by atoms with Crippen molar-refractivity contribution in [1.29, 1.82) is 0 Å². The molecule has 0 bridgehead atoms. The number of aryl methyl sites for hydroxylation is 1. The van der Waals surface area contributed by atoms with Crippen molar-refractivity contribution in [3.8, 4) is 5.75 Å². The first-order valence-electron chi connectivity index (χ1n) is 7.52. The Labute approximate surface area is 146 Å². The maximum Gasteiger partial charge on any atom is 0.422 e. The Morgan fingerprint density at radius 2 is 2.00 bits per heavy atom. The molecular weight excluding hydrogens is 355 g/mol. The van der Waals surface area contributed by atoms with Crippen molar-refractivity contribution in [3.63, 3.8) is 0 Å². The van der Waals surface area contributed by atoms with Crippen molar-refractivity contribution >= 4 is 11.9 Å². The molecule has 0 saturated heterocycles. The second-order valence-electron chi connectivity index (χ2n) is 5.49. The summed E-state index contributed by atoms with van der Waals surface area (Å²) in [4.78, 5) is 22.9. The maximum atomic E-state index is 12.2. The van der Waals surface area contributed by atoms with Gasteiger partial charge in [-0.2, -0.15) is 13.2 Å². The number of hydrogen-bond acceptors (Lipinski definition) is 4. The van der Waals surface area contributed by atoms with Gasteiger partial charge in [0.15, 0.2) is 6.61 Å². The van der Waals surface area contributed by atoms with E-state index in [-0.39, 0.29) is 35.8 Å². The van der Waals surface area contributed by atoms with Crippen LogP contribution in [0.15, 0.2) is 34.7 Å². The number of furan rings is 1. The van der Waals surface area contributed by atoms with Crippen LogP contribution in [-0.2, 0) is 17.8 Å². The average molecular weight is 371 g/mol. The van der Waals surface area contributed by atoms with Gasteiger partial charge in [0.25, 0.3) is 0 Å². The van der Waals surface area contributed by atoms with E-state index in [0.29, 0.717) is 5.56 Å². The summed E-state index contributed by atoms with van der Waals surface area (Å²) in [6.45, 7) is 0.0881. The molecule has 0 saturated carbocycles. The Morgan fingerprint density at radius 3 is 2.62 bits per heavy atom. The van der Waals surface area contributed by atoms with Gasteiger partial charge < -0.3 is 19.6 Å². The van der Waals surface area contributed by atoms with Gasteiger partial charge in [-0.1, -0.05) is 12.1 Å². The highest BCUT2D eigenvalue weighted by atomic mass is 19.4. The molecule has 0 aliphatic heterocycles. The van der Waals surface area contributed by atoms with Crippen molar-refractivity contribution in [3.05, 3.63) is 53.0 Å². The van der Waals surface area contributed by atoms with E-state index in [9.17, 15) is 22.8 Å². The Morgan fingerprint density at radius 1 is 1.27 bits per heavy atom. The number of carboxylic acids is 1. The van der Waals surface area contributed by atoms with Gasteiger partial charge in [0.1, 0.15) is 22.8 Å². The van der Waals surface area contributed by atoms with Crippen molar-refractivity contribution in [2.24, 2.45) is 0 Å². The fourth-order valence-electron chi connectivity index (χ4n) is 2.19. The van der Waals surface area contributed by atoms with Crippen molar-refractivity contribution in [2.75, 3.05) is 6.61 Å². The smallest absolute Gasteiger partial charge is 0.422 e. The predicted octanol–water partition coefficient (Wildman–Crippen LogP) is 3.09. The highest BCUT2D eigenvalue weighted by Crippen LogP contribution is 2.19. The molecule has 0 aliphatic carbocycles. The molecule has 2 rings (SSSR count). The number of amides is 1. The molecule has 9 heteroatoms. The van der Waals surface area contributed by atoms with E-state index in [4.69, 9.17) is 9.52 Å². The Bertz CT molecular complexity index is 798. The van der Waals surface area contributed by atoms with E-state index in [2.05, 4.69) is 10.1 Å². The van der Waals surface area contributed by atoms with Crippen LogP contribution in [0, 0.1) is 6.92 Å². The minimum atomic E-state index is -4.44. The van der Waals surface area contributed by atoms with Gasteiger partial charge in [0, 0.05) is 0 Å². The number of carbonyl (C=O) groups excluding carboxylic acids is 1. The molecule has 1 aromatic carbocycles. The van der Waals surface area contributed by atoms with Crippen LogP contribution in [0.2, 0.25) is 0 Å². The van der Waals surface area contributed by atoms with E-state index in [1.54, 1.807) is 6.07 Å². The molecule has 1 aromatic heterocycles. The molecule has 0 radical (unpaired) electrons. The first kappa shape index (κ1) is 19.4. The number of benzene rings is 1. The second kappa shape index (κ2) is 7.94. The predicted molar refractivity (Wildman–Crippen MR) is 83.9 cm³/mol. The van der Waals surface area contributed by atoms with Gasteiger partial charge in [-0.05, 0) is 30.7 Å². The van der Waals surface area contributed by atoms with Crippen LogP contribution < -0.4 is 10.1 Å². The summed E-state index contributed by atoms with van der Waals surface area (Å²) in [6, 6.07) is 7.11. The first-order valence-corrected chi connectivity index (χ1v) is 7.52. The topological polar surface area (TPSA) is 88.8 Å². The van der Waals surface area contributed by atoms with E-state index in [1.807, 2.05) is 0 Å². The molecule has 0 unspecified atom stereocenters. The van der Waals surface area contributed by atoms with Crippen LogP contribution in [0.4, 0.5) is 13.2 Å². The Hall–Kier alpha value is -2.97. The number of aromatic carboxylic acids is 1. The van der Waals surface area contributed by atoms with Crippen molar-refractivity contribution in [1.82, 2.24) is 5.32 Å². The van der Waals surface area contributed by atoms with E-state index in [0.717, 1.165) is 0 Å². The summed E-state index contributed by atoms with van der Waals surface area (Å²) >= 11 is 0. The number of carbonyl (C=O) groups is 2. The number of nitrogens with one attached hydrogen (secondary N) is 1. The molecule has 140 valence electrons. The zero-order chi connectivity index (χ0) is 19.3. The lowest BCUT2D eigenvalue weighted by atomic mass is 10.1. The number of alkyl halides is 3. The van der Waals surface area contributed by atoms with Crippen molar-refractivity contribution < 1.29 is 37.0 Å². The highest BCUT2D eigenvalue weighted by molar-refractivity contribution is 5.88. The SMILES string of the molecule is Cc1oc(CNC(=O)Cc2cccc(OCC(F)(F)F)c2)cc1C(=O)O. The van der Waals surface area contributed by atoms with Crippen molar-refractivity contribution in [2.45, 2.75) is 26.1 Å². The summed E-state index contributed by atoms with van der Waals surface area (Å²) < 4.78 is 46.3. The molecule has 0 fully saturated rings. The molecule has 0 spiro atoms. The molecular formula is C17H16F3NO5. The number of halogens is 3. The normalized spacial score (nSPS) is 11.2. The Balaban J connectivity index is 1.89. The van der Waals surface area contributed by atoms with Gasteiger partial charge in [-0.15, -0.1) is 0 Å². The summed E-state index contributed by atoms with van der Waals surface area (Å²) in [6.07, 6.45) is -4.52. The number of carboxylic acid groups (broad SMARTS) is 1. The van der Waals surface area contributed by atoms with E-state index >= 15 is 0 Å². The van der Waals surface area contributed by atoms with E-state index in [1.165, 1.54) is 31.2 Å².